The van der Waals surface area contributed by atoms with Crippen LogP contribution in [0.5, 0.6) is 0 Å². The number of piperidine rings is 1. The standard InChI is InChI=1S/C18H22ClFN4O/c1-11-18(16(10-17(21)25)23(2)22-11)12-5-7-24(8-6-12)15-4-3-13(19)9-14(15)20/h3-4,9,12H,5-8,10H2,1-2H3,(H2,21,25). The van der Waals surface area contributed by atoms with Gasteiger partial charge in [0.25, 0.3) is 0 Å². The second-order valence-electron chi connectivity index (χ2n) is 6.57. The third kappa shape index (κ3) is 3.63. The van der Waals surface area contributed by atoms with Crippen LogP contribution in [0.2, 0.25) is 5.02 Å². The Kier molecular flexibility index (Phi) is 4.99. The molecule has 134 valence electrons. The molecule has 1 fully saturated rings. The number of amides is 1. The summed E-state index contributed by atoms with van der Waals surface area (Å²) >= 11 is 5.83. The highest BCUT2D eigenvalue weighted by molar-refractivity contribution is 6.30. The fourth-order valence-corrected chi connectivity index (χ4v) is 3.93. The highest BCUT2D eigenvalue weighted by atomic mass is 35.5. The molecule has 1 amide bonds. The number of nitrogens with zero attached hydrogens (tertiary/aromatic N) is 3. The molecule has 3 rings (SSSR count). The van der Waals surface area contributed by atoms with Crippen LogP contribution in [0.25, 0.3) is 0 Å². The number of benzene rings is 1. The molecule has 2 N–H and O–H groups in total. The van der Waals surface area contributed by atoms with E-state index >= 15 is 0 Å². The molecule has 0 saturated carbocycles. The summed E-state index contributed by atoms with van der Waals surface area (Å²) in [5, 5.41) is 4.86. The molecule has 1 aromatic carbocycles. The van der Waals surface area contributed by atoms with Gasteiger partial charge in [-0.15, -0.1) is 0 Å². The summed E-state index contributed by atoms with van der Waals surface area (Å²) in [5.41, 5.74) is 8.93. The van der Waals surface area contributed by atoms with Crippen LogP contribution in [-0.2, 0) is 18.3 Å². The van der Waals surface area contributed by atoms with E-state index in [1.807, 2.05) is 18.9 Å². The first-order chi connectivity index (χ1) is 11.9. The van der Waals surface area contributed by atoms with E-state index in [9.17, 15) is 9.18 Å². The SMILES string of the molecule is Cc1nn(C)c(CC(N)=O)c1C1CCN(c2ccc(Cl)cc2F)CC1. The molecule has 1 aromatic heterocycles. The second-order valence-corrected chi connectivity index (χ2v) is 7.01. The first-order valence-electron chi connectivity index (χ1n) is 8.37. The van der Waals surface area contributed by atoms with Gasteiger partial charge in [0.1, 0.15) is 5.82 Å². The van der Waals surface area contributed by atoms with Crippen LogP contribution in [0.15, 0.2) is 18.2 Å². The lowest BCUT2D eigenvalue weighted by Gasteiger charge is -2.34. The van der Waals surface area contributed by atoms with Gasteiger partial charge in [-0.25, -0.2) is 4.39 Å². The Bertz CT molecular complexity index is 797. The Morgan fingerprint density at radius 1 is 1.40 bits per heavy atom. The molecule has 0 atom stereocenters. The number of halogens is 2. The molecule has 1 aliphatic rings. The molecule has 25 heavy (non-hydrogen) atoms. The Labute approximate surface area is 151 Å². The van der Waals surface area contributed by atoms with Crippen LogP contribution < -0.4 is 10.6 Å². The first-order valence-corrected chi connectivity index (χ1v) is 8.75. The number of carbonyl (C=O) groups is 1. The largest absolute Gasteiger partial charge is 0.369 e. The van der Waals surface area contributed by atoms with E-state index in [1.165, 1.54) is 6.07 Å². The summed E-state index contributed by atoms with van der Waals surface area (Å²) in [7, 11) is 1.84. The predicted molar refractivity (Wildman–Crippen MR) is 96.4 cm³/mol. The lowest BCUT2D eigenvalue weighted by molar-refractivity contribution is -0.117. The lowest BCUT2D eigenvalue weighted by Crippen LogP contribution is -2.34. The predicted octanol–water partition coefficient (Wildman–Crippen LogP) is 2.93. The van der Waals surface area contributed by atoms with E-state index in [0.717, 1.165) is 42.9 Å². The molecule has 1 saturated heterocycles. The van der Waals surface area contributed by atoms with E-state index in [2.05, 4.69) is 5.10 Å². The fourth-order valence-electron chi connectivity index (χ4n) is 3.77. The van der Waals surface area contributed by atoms with Crippen LogP contribution in [0, 0.1) is 12.7 Å². The average Bonchev–Trinajstić information content (AvgIpc) is 2.81. The van der Waals surface area contributed by atoms with E-state index in [0.29, 0.717) is 16.6 Å². The van der Waals surface area contributed by atoms with Crippen molar-refractivity contribution in [3.8, 4) is 0 Å². The Morgan fingerprint density at radius 2 is 2.08 bits per heavy atom. The van der Waals surface area contributed by atoms with E-state index in [1.54, 1.807) is 16.8 Å². The van der Waals surface area contributed by atoms with Crippen molar-refractivity contribution in [3.05, 3.63) is 46.0 Å². The quantitative estimate of drug-likeness (QED) is 0.907. The summed E-state index contributed by atoms with van der Waals surface area (Å²) in [5.74, 6) is -0.350. The molecular weight excluding hydrogens is 343 g/mol. The van der Waals surface area contributed by atoms with Gasteiger partial charge in [0.2, 0.25) is 5.91 Å². The van der Waals surface area contributed by atoms with Gasteiger partial charge in [-0.2, -0.15) is 5.10 Å². The van der Waals surface area contributed by atoms with Crippen LogP contribution in [0.1, 0.15) is 35.7 Å². The minimum absolute atomic E-state index is 0.193. The van der Waals surface area contributed by atoms with Crippen molar-refractivity contribution < 1.29 is 9.18 Å². The lowest BCUT2D eigenvalue weighted by atomic mass is 9.87. The van der Waals surface area contributed by atoms with E-state index in [4.69, 9.17) is 17.3 Å². The van der Waals surface area contributed by atoms with Crippen molar-refractivity contribution in [3.63, 3.8) is 0 Å². The Hall–Kier alpha value is -2.08. The van der Waals surface area contributed by atoms with Gasteiger partial charge in [0.05, 0.1) is 23.5 Å². The molecule has 0 radical (unpaired) electrons. The Balaban J connectivity index is 1.78. The van der Waals surface area contributed by atoms with Crippen molar-refractivity contribution in [2.24, 2.45) is 12.8 Å². The van der Waals surface area contributed by atoms with Gasteiger partial charge in [0, 0.05) is 25.2 Å². The number of primary amides is 1. The van der Waals surface area contributed by atoms with Crippen LogP contribution in [0.3, 0.4) is 0 Å². The number of nitrogens with two attached hydrogens (primary N) is 1. The number of hydrogen-bond acceptors (Lipinski definition) is 3. The van der Waals surface area contributed by atoms with Crippen molar-refractivity contribution in [2.75, 3.05) is 18.0 Å². The molecule has 1 aliphatic heterocycles. The summed E-state index contributed by atoms with van der Waals surface area (Å²) in [6.45, 7) is 3.45. The maximum absolute atomic E-state index is 14.1. The number of aryl methyl sites for hydroxylation is 2. The normalized spacial score (nSPS) is 15.6. The monoisotopic (exact) mass is 364 g/mol. The highest BCUT2D eigenvalue weighted by Crippen LogP contribution is 2.35. The molecule has 0 bridgehead atoms. The zero-order valence-electron chi connectivity index (χ0n) is 14.4. The van der Waals surface area contributed by atoms with Crippen molar-refractivity contribution >= 4 is 23.2 Å². The van der Waals surface area contributed by atoms with Crippen molar-refractivity contribution in [1.82, 2.24) is 9.78 Å². The van der Waals surface area contributed by atoms with Gasteiger partial charge < -0.3 is 10.6 Å². The van der Waals surface area contributed by atoms with Crippen LogP contribution in [-0.4, -0.2) is 28.8 Å². The summed E-state index contributed by atoms with van der Waals surface area (Å²) in [6.07, 6.45) is 1.94. The molecule has 2 aromatic rings. The number of aromatic nitrogens is 2. The molecule has 2 heterocycles. The minimum atomic E-state index is -0.357. The smallest absolute Gasteiger partial charge is 0.223 e. The number of carbonyl (C=O) groups excluding carboxylic acids is 1. The van der Waals surface area contributed by atoms with Gasteiger partial charge >= 0.3 is 0 Å². The Morgan fingerprint density at radius 3 is 2.68 bits per heavy atom. The summed E-state index contributed by atoms with van der Waals surface area (Å²) in [4.78, 5) is 13.4. The van der Waals surface area contributed by atoms with Crippen LogP contribution in [0.4, 0.5) is 10.1 Å². The van der Waals surface area contributed by atoms with Gasteiger partial charge in [-0.05, 0) is 49.4 Å². The minimum Gasteiger partial charge on any atom is -0.369 e. The molecule has 5 nitrogen and oxygen atoms in total. The number of hydrogen-bond donors (Lipinski definition) is 1. The van der Waals surface area contributed by atoms with Crippen molar-refractivity contribution in [1.29, 1.82) is 0 Å². The van der Waals surface area contributed by atoms with Crippen molar-refractivity contribution in [2.45, 2.75) is 32.1 Å². The topological polar surface area (TPSA) is 64.2 Å². The fraction of sp³-hybridized carbons (Fsp3) is 0.444. The molecule has 0 unspecified atom stereocenters. The average molecular weight is 365 g/mol. The zero-order valence-corrected chi connectivity index (χ0v) is 15.2. The maximum Gasteiger partial charge on any atom is 0.223 e. The zero-order chi connectivity index (χ0) is 18.1. The van der Waals surface area contributed by atoms with E-state index < -0.39 is 0 Å². The summed E-state index contributed by atoms with van der Waals surface area (Å²) < 4.78 is 15.9. The third-order valence-corrected chi connectivity index (χ3v) is 5.12. The number of rotatable bonds is 4. The van der Waals surface area contributed by atoms with Gasteiger partial charge in [-0.3, -0.25) is 9.48 Å². The first kappa shape index (κ1) is 17.7. The molecule has 7 heteroatoms. The third-order valence-electron chi connectivity index (χ3n) is 4.89. The van der Waals surface area contributed by atoms with Crippen LogP contribution >= 0.6 is 11.6 Å². The molecule has 0 aliphatic carbocycles. The number of anilines is 1. The van der Waals surface area contributed by atoms with Gasteiger partial charge in [-0.1, -0.05) is 11.6 Å². The van der Waals surface area contributed by atoms with Gasteiger partial charge in [0.15, 0.2) is 0 Å². The second kappa shape index (κ2) is 7.04. The highest BCUT2D eigenvalue weighted by Gasteiger charge is 2.28. The van der Waals surface area contributed by atoms with E-state index in [-0.39, 0.29) is 18.1 Å². The molecule has 0 spiro atoms. The molecular formula is C18H22ClFN4O. The maximum atomic E-state index is 14.1. The summed E-state index contributed by atoms with van der Waals surface area (Å²) in [6, 6.07) is 4.79.